The van der Waals surface area contributed by atoms with Crippen LogP contribution in [0.2, 0.25) is 0 Å². The molecule has 2 rings (SSSR count). The summed E-state index contributed by atoms with van der Waals surface area (Å²) in [6.07, 6.45) is 0.758. The van der Waals surface area contributed by atoms with Gasteiger partial charge in [0.25, 0.3) is 6.43 Å². The Morgan fingerprint density at radius 3 is 2.32 bits per heavy atom. The monoisotopic (exact) mass is 334 g/mol. The van der Waals surface area contributed by atoms with Gasteiger partial charge in [-0.15, -0.1) is 0 Å². The standard InChI is InChI=1S/C14H20F2N2O3S/c15-13(16)9-21-11-3-5-12(6-4-11)22(19,20)18-14(10-17)7-1-2-8-14/h3-6,13,18H,1-2,7-10,17H2. The zero-order valence-corrected chi connectivity index (χ0v) is 12.9. The molecule has 1 aliphatic rings. The summed E-state index contributed by atoms with van der Waals surface area (Å²) >= 11 is 0. The molecule has 3 N–H and O–H groups in total. The number of halogens is 2. The zero-order valence-electron chi connectivity index (χ0n) is 12.1. The lowest BCUT2D eigenvalue weighted by atomic mass is 10.0. The summed E-state index contributed by atoms with van der Waals surface area (Å²) in [4.78, 5) is 0.0663. The predicted molar refractivity (Wildman–Crippen MR) is 78.5 cm³/mol. The second-order valence-corrected chi connectivity index (χ2v) is 7.15. The van der Waals surface area contributed by atoms with Gasteiger partial charge in [0.2, 0.25) is 10.0 Å². The van der Waals surface area contributed by atoms with Crippen LogP contribution in [0.3, 0.4) is 0 Å². The average Bonchev–Trinajstić information content (AvgIpc) is 2.94. The van der Waals surface area contributed by atoms with Gasteiger partial charge in [-0.1, -0.05) is 12.8 Å². The first kappa shape index (κ1) is 17.1. The summed E-state index contributed by atoms with van der Waals surface area (Å²) in [6.45, 7) is -0.470. The molecular formula is C14H20F2N2O3S. The largest absolute Gasteiger partial charge is 0.488 e. The van der Waals surface area contributed by atoms with Crippen LogP contribution in [-0.4, -0.2) is 33.5 Å². The lowest BCUT2D eigenvalue weighted by Gasteiger charge is -2.28. The molecule has 1 aromatic rings. The van der Waals surface area contributed by atoms with Gasteiger partial charge in [-0.2, -0.15) is 0 Å². The van der Waals surface area contributed by atoms with Crippen molar-refractivity contribution in [3.05, 3.63) is 24.3 Å². The minimum Gasteiger partial charge on any atom is -0.488 e. The molecule has 8 heteroatoms. The van der Waals surface area contributed by atoms with Crippen LogP contribution >= 0.6 is 0 Å². The van der Waals surface area contributed by atoms with E-state index >= 15 is 0 Å². The third kappa shape index (κ3) is 4.15. The number of hydrogen-bond donors (Lipinski definition) is 2. The summed E-state index contributed by atoms with van der Waals surface area (Å²) in [5, 5.41) is 0. The number of ether oxygens (including phenoxy) is 1. The summed E-state index contributed by atoms with van der Waals surface area (Å²) < 4.78 is 56.4. The van der Waals surface area contributed by atoms with Gasteiger partial charge in [-0.25, -0.2) is 21.9 Å². The highest BCUT2D eigenvalue weighted by Crippen LogP contribution is 2.30. The van der Waals surface area contributed by atoms with Crippen molar-refractivity contribution in [1.29, 1.82) is 0 Å². The summed E-state index contributed by atoms with van der Waals surface area (Å²) in [7, 11) is -3.70. The second kappa shape index (κ2) is 6.89. The van der Waals surface area contributed by atoms with Crippen LogP contribution < -0.4 is 15.2 Å². The van der Waals surface area contributed by atoms with Gasteiger partial charge in [0.15, 0.2) is 0 Å². The molecule has 0 saturated heterocycles. The van der Waals surface area contributed by atoms with E-state index in [2.05, 4.69) is 4.72 Å². The fourth-order valence-electron chi connectivity index (χ4n) is 2.62. The summed E-state index contributed by atoms with van der Waals surface area (Å²) in [6, 6.07) is 5.39. The minimum absolute atomic E-state index is 0.0663. The molecule has 1 aromatic carbocycles. The number of rotatable bonds is 7. The van der Waals surface area contributed by atoms with Crippen LogP contribution in [-0.2, 0) is 10.0 Å². The number of nitrogens with one attached hydrogen (secondary N) is 1. The maximum Gasteiger partial charge on any atom is 0.272 e. The smallest absolute Gasteiger partial charge is 0.272 e. The van der Waals surface area contributed by atoms with Gasteiger partial charge in [0.1, 0.15) is 12.4 Å². The molecule has 1 fully saturated rings. The average molecular weight is 334 g/mol. The number of sulfonamides is 1. The fraction of sp³-hybridized carbons (Fsp3) is 0.571. The van der Waals surface area contributed by atoms with Crippen LogP contribution in [0.4, 0.5) is 8.78 Å². The molecule has 1 aliphatic carbocycles. The molecule has 0 aliphatic heterocycles. The molecule has 0 radical (unpaired) electrons. The first-order chi connectivity index (χ1) is 10.4. The van der Waals surface area contributed by atoms with Crippen LogP contribution in [0, 0.1) is 0 Å². The maximum absolute atomic E-state index is 12.4. The maximum atomic E-state index is 12.4. The number of alkyl halides is 2. The first-order valence-corrected chi connectivity index (χ1v) is 8.60. The van der Waals surface area contributed by atoms with E-state index in [4.69, 9.17) is 10.5 Å². The van der Waals surface area contributed by atoms with E-state index < -0.39 is 28.6 Å². The Balaban J connectivity index is 2.09. The Morgan fingerprint density at radius 1 is 1.23 bits per heavy atom. The van der Waals surface area contributed by atoms with Gasteiger partial charge in [0, 0.05) is 12.1 Å². The van der Waals surface area contributed by atoms with Crippen LogP contribution in [0.15, 0.2) is 29.2 Å². The topological polar surface area (TPSA) is 81.4 Å². The minimum atomic E-state index is -3.70. The highest BCUT2D eigenvalue weighted by molar-refractivity contribution is 7.89. The van der Waals surface area contributed by atoms with E-state index in [0.717, 1.165) is 25.7 Å². The van der Waals surface area contributed by atoms with Gasteiger partial charge in [-0.05, 0) is 37.1 Å². The lowest BCUT2D eigenvalue weighted by Crippen LogP contribution is -2.51. The number of hydrogen-bond acceptors (Lipinski definition) is 4. The van der Waals surface area contributed by atoms with Crippen molar-refractivity contribution in [2.45, 2.75) is 42.5 Å². The molecular weight excluding hydrogens is 314 g/mol. The molecule has 5 nitrogen and oxygen atoms in total. The van der Waals surface area contributed by atoms with Crippen LogP contribution in [0.25, 0.3) is 0 Å². The van der Waals surface area contributed by atoms with Crippen molar-refractivity contribution in [3.63, 3.8) is 0 Å². The Morgan fingerprint density at radius 2 is 1.82 bits per heavy atom. The van der Waals surface area contributed by atoms with Crippen molar-refractivity contribution < 1.29 is 21.9 Å². The third-order valence-electron chi connectivity index (χ3n) is 3.81. The second-order valence-electron chi connectivity index (χ2n) is 5.47. The Hall–Kier alpha value is -1.25. The highest BCUT2D eigenvalue weighted by atomic mass is 32.2. The first-order valence-electron chi connectivity index (χ1n) is 7.12. The van der Waals surface area contributed by atoms with Crippen molar-refractivity contribution in [2.75, 3.05) is 13.2 Å². The Labute approximate surface area is 128 Å². The molecule has 124 valence electrons. The molecule has 0 bridgehead atoms. The molecule has 0 aromatic heterocycles. The van der Waals surface area contributed by atoms with E-state index in [9.17, 15) is 17.2 Å². The predicted octanol–water partition coefficient (Wildman–Crippen LogP) is 1.88. The van der Waals surface area contributed by atoms with E-state index in [1.807, 2.05) is 0 Å². The van der Waals surface area contributed by atoms with Crippen molar-refractivity contribution in [3.8, 4) is 5.75 Å². The third-order valence-corrected chi connectivity index (χ3v) is 5.41. The van der Waals surface area contributed by atoms with Crippen molar-refractivity contribution in [2.24, 2.45) is 5.73 Å². The molecule has 0 heterocycles. The van der Waals surface area contributed by atoms with Crippen LogP contribution in [0.1, 0.15) is 25.7 Å². The van der Waals surface area contributed by atoms with E-state index in [0.29, 0.717) is 0 Å². The molecule has 22 heavy (non-hydrogen) atoms. The van der Waals surface area contributed by atoms with Gasteiger partial charge >= 0.3 is 0 Å². The Kier molecular flexibility index (Phi) is 5.36. The Bertz CT molecular complexity index is 585. The van der Waals surface area contributed by atoms with Gasteiger partial charge in [-0.3, -0.25) is 0 Å². The van der Waals surface area contributed by atoms with E-state index in [1.54, 1.807) is 0 Å². The van der Waals surface area contributed by atoms with Gasteiger partial charge < -0.3 is 10.5 Å². The number of nitrogens with two attached hydrogens (primary N) is 1. The molecule has 1 saturated carbocycles. The van der Waals surface area contributed by atoms with Crippen molar-refractivity contribution in [1.82, 2.24) is 4.72 Å². The van der Waals surface area contributed by atoms with E-state index in [1.165, 1.54) is 24.3 Å². The molecule has 0 unspecified atom stereocenters. The van der Waals surface area contributed by atoms with Crippen LogP contribution in [0.5, 0.6) is 5.75 Å². The SMILES string of the molecule is NCC1(NS(=O)(=O)c2ccc(OCC(F)F)cc2)CCCC1. The molecule has 0 amide bonds. The fourth-order valence-corrected chi connectivity index (χ4v) is 4.09. The normalized spacial score (nSPS) is 17.8. The zero-order chi connectivity index (χ0) is 16.2. The quantitative estimate of drug-likeness (QED) is 0.798. The molecule has 0 spiro atoms. The van der Waals surface area contributed by atoms with E-state index in [-0.39, 0.29) is 17.2 Å². The molecule has 0 atom stereocenters. The lowest BCUT2D eigenvalue weighted by molar-refractivity contribution is 0.0819. The van der Waals surface area contributed by atoms with Crippen molar-refractivity contribution >= 4 is 10.0 Å². The summed E-state index contributed by atoms with van der Waals surface area (Å²) in [5.41, 5.74) is 5.15. The summed E-state index contributed by atoms with van der Waals surface area (Å²) in [5.74, 6) is 0.202. The van der Waals surface area contributed by atoms with Gasteiger partial charge in [0.05, 0.1) is 4.90 Å². The number of benzene rings is 1. The highest BCUT2D eigenvalue weighted by Gasteiger charge is 2.36.